The van der Waals surface area contributed by atoms with Crippen LogP contribution in [0.3, 0.4) is 0 Å². The van der Waals surface area contributed by atoms with Gasteiger partial charge < -0.3 is 20.3 Å². The number of carboxylic acid groups (broad SMARTS) is 1. The number of benzene rings is 2. The van der Waals surface area contributed by atoms with Gasteiger partial charge in [0.15, 0.2) is 0 Å². The molecule has 2 aromatic carbocycles. The molecule has 2 bridgehead atoms. The van der Waals surface area contributed by atoms with E-state index in [0.29, 0.717) is 48.1 Å². The standard InChI is InChI=1S/C29H36FNO4/c1-16-7-8-17(9-24(16)30)13-29(2,3)31-14-20(32)15-35-21-6-4-5-18(10-21)22-11-19-12-23(22)26-25(19)27(26)28(33)34/h4-10,19-20,22-23,25-27,31-32H,11-15H2,1-3H3,(H,33,34)/t19?,20-,22?,23?,25?,26?,27?/m1/s1. The summed E-state index contributed by atoms with van der Waals surface area (Å²) in [5.41, 5.74) is 2.47. The van der Waals surface area contributed by atoms with Gasteiger partial charge in [-0.05, 0) is 105 Å². The molecule has 3 saturated carbocycles. The van der Waals surface area contributed by atoms with E-state index >= 15 is 0 Å². The van der Waals surface area contributed by atoms with Crippen molar-refractivity contribution in [2.45, 2.75) is 57.6 Å². The third-order valence-corrected chi connectivity index (χ3v) is 8.53. The maximum atomic E-state index is 13.9. The lowest BCUT2D eigenvalue weighted by Crippen LogP contribution is -2.46. The molecule has 6 unspecified atom stereocenters. The van der Waals surface area contributed by atoms with Crippen molar-refractivity contribution >= 4 is 5.97 Å². The number of halogens is 1. The number of carboxylic acids is 1. The van der Waals surface area contributed by atoms with Crippen LogP contribution < -0.4 is 10.1 Å². The summed E-state index contributed by atoms with van der Waals surface area (Å²) in [6.07, 6.45) is 2.20. The highest BCUT2D eigenvalue weighted by Crippen LogP contribution is 2.72. The van der Waals surface area contributed by atoms with E-state index in [-0.39, 0.29) is 23.9 Å². The van der Waals surface area contributed by atoms with Gasteiger partial charge in [0, 0.05) is 12.1 Å². The first-order chi connectivity index (χ1) is 16.6. The molecule has 0 heterocycles. The highest BCUT2D eigenvalue weighted by Gasteiger charge is 2.70. The number of hydrogen-bond acceptors (Lipinski definition) is 4. The normalized spacial score (nSPS) is 29.6. The van der Waals surface area contributed by atoms with Gasteiger partial charge >= 0.3 is 5.97 Å². The maximum Gasteiger partial charge on any atom is 0.307 e. The predicted molar refractivity (Wildman–Crippen MR) is 132 cm³/mol. The monoisotopic (exact) mass is 481 g/mol. The van der Waals surface area contributed by atoms with E-state index in [1.54, 1.807) is 19.1 Å². The second kappa shape index (κ2) is 9.21. The molecule has 0 aromatic heterocycles. The molecule has 3 fully saturated rings. The molecule has 3 aliphatic rings. The zero-order valence-corrected chi connectivity index (χ0v) is 20.7. The maximum absolute atomic E-state index is 13.9. The summed E-state index contributed by atoms with van der Waals surface area (Å²) >= 11 is 0. The second-order valence-electron chi connectivity index (χ2n) is 11.6. The first-order valence-electron chi connectivity index (χ1n) is 12.8. The quantitative estimate of drug-likeness (QED) is 0.464. The van der Waals surface area contributed by atoms with Crippen molar-refractivity contribution < 1.29 is 24.1 Å². The van der Waals surface area contributed by atoms with Crippen LogP contribution in [0.15, 0.2) is 42.5 Å². The van der Waals surface area contributed by atoms with Crippen molar-refractivity contribution in [2.75, 3.05) is 13.2 Å². The molecule has 5 rings (SSSR count). The Kier molecular flexibility index (Phi) is 6.39. The minimum atomic E-state index is -0.682. The molecule has 0 amide bonds. The average molecular weight is 482 g/mol. The van der Waals surface area contributed by atoms with E-state index in [1.165, 1.54) is 5.56 Å². The minimum Gasteiger partial charge on any atom is -0.491 e. The Morgan fingerprint density at radius 1 is 1.20 bits per heavy atom. The van der Waals surface area contributed by atoms with Crippen LogP contribution in [0.1, 0.15) is 49.3 Å². The number of fused-ring (bicyclic) bond motifs is 5. The molecular weight excluding hydrogens is 445 g/mol. The molecule has 3 aliphatic carbocycles. The summed E-state index contributed by atoms with van der Waals surface area (Å²) in [7, 11) is 0. The zero-order chi connectivity index (χ0) is 24.9. The fourth-order valence-corrected chi connectivity index (χ4v) is 6.88. The number of hydrogen-bond donors (Lipinski definition) is 3. The number of carbonyl (C=O) groups is 1. The molecule has 0 radical (unpaired) electrons. The smallest absolute Gasteiger partial charge is 0.307 e. The Labute approximate surface area is 206 Å². The summed E-state index contributed by atoms with van der Waals surface area (Å²) in [5, 5.41) is 23.3. The lowest BCUT2D eigenvalue weighted by atomic mass is 9.83. The number of β-amino-alcohol motifs (C(OH)–C–C–N with tert-alkyl or cyclic N) is 1. The van der Waals surface area contributed by atoms with Crippen LogP contribution in [0.5, 0.6) is 5.75 Å². The molecule has 35 heavy (non-hydrogen) atoms. The van der Waals surface area contributed by atoms with Gasteiger partial charge in [-0.2, -0.15) is 0 Å². The number of rotatable bonds is 10. The van der Waals surface area contributed by atoms with Crippen LogP contribution in [0, 0.1) is 42.3 Å². The van der Waals surface area contributed by atoms with E-state index in [4.69, 9.17) is 4.74 Å². The van der Waals surface area contributed by atoms with Crippen molar-refractivity contribution in [3.05, 3.63) is 65.0 Å². The van der Waals surface area contributed by atoms with Gasteiger partial charge in [0.25, 0.3) is 0 Å². The lowest BCUT2D eigenvalue weighted by Gasteiger charge is -2.28. The highest BCUT2D eigenvalue weighted by atomic mass is 19.1. The van der Waals surface area contributed by atoms with Gasteiger partial charge in [-0.25, -0.2) is 4.39 Å². The molecular formula is C29H36FNO4. The Hall–Kier alpha value is -2.44. The third-order valence-electron chi connectivity index (χ3n) is 8.53. The van der Waals surface area contributed by atoms with Crippen LogP contribution >= 0.6 is 0 Å². The topological polar surface area (TPSA) is 78.8 Å². The molecule has 3 N–H and O–H groups in total. The summed E-state index contributed by atoms with van der Waals surface area (Å²) in [5.74, 6) is 1.99. The van der Waals surface area contributed by atoms with Gasteiger partial charge in [0.1, 0.15) is 24.3 Å². The van der Waals surface area contributed by atoms with Gasteiger partial charge in [-0.3, -0.25) is 4.79 Å². The van der Waals surface area contributed by atoms with Gasteiger partial charge in [0.05, 0.1) is 5.92 Å². The van der Waals surface area contributed by atoms with Crippen molar-refractivity contribution in [1.29, 1.82) is 0 Å². The van der Waals surface area contributed by atoms with E-state index in [2.05, 4.69) is 17.4 Å². The molecule has 188 valence electrons. The largest absolute Gasteiger partial charge is 0.491 e. The minimum absolute atomic E-state index is 0.125. The predicted octanol–water partition coefficient (Wildman–Crippen LogP) is 4.55. The Morgan fingerprint density at radius 2 is 2.00 bits per heavy atom. The number of aliphatic hydroxyl groups excluding tert-OH is 1. The number of nitrogens with one attached hydrogen (secondary N) is 1. The molecule has 7 atom stereocenters. The van der Waals surface area contributed by atoms with Crippen molar-refractivity contribution in [2.24, 2.45) is 29.6 Å². The molecule has 0 aliphatic heterocycles. The second-order valence-corrected chi connectivity index (χ2v) is 11.6. The van der Waals surface area contributed by atoms with Crippen molar-refractivity contribution in [1.82, 2.24) is 5.32 Å². The summed E-state index contributed by atoms with van der Waals surface area (Å²) < 4.78 is 19.8. The molecule has 0 spiro atoms. The van der Waals surface area contributed by atoms with E-state index in [0.717, 1.165) is 24.2 Å². The average Bonchev–Trinajstić information content (AvgIpc) is 3.30. The Balaban J connectivity index is 1.11. The van der Waals surface area contributed by atoms with Crippen LogP contribution in [-0.2, 0) is 11.2 Å². The highest BCUT2D eigenvalue weighted by molar-refractivity contribution is 5.75. The van der Waals surface area contributed by atoms with E-state index < -0.39 is 12.1 Å². The summed E-state index contributed by atoms with van der Waals surface area (Å²) in [4.78, 5) is 11.5. The molecule has 0 saturated heterocycles. The first kappa shape index (κ1) is 24.3. The fourth-order valence-electron chi connectivity index (χ4n) is 6.88. The van der Waals surface area contributed by atoms with Crippen LogP contribution in [0.4, 0.5) is 4.39 Å². The molecule has 5 nitrogen and oxygen atoms in total. The zero-order valence-electron chi connectivity index (χ0n) is 20.7. The fraction of sp³-hybridized carbons (Fsp3) is 0.552. The van der Waals surface area contributed by atoms with Crippen LogP contribution in [0.2, 0.25) is 0 Å². The summed E-state index contributed by atoms with van der Waals surface area (Å²) in [6, 6.07) is 13.4. The summed E-state index contributed by atoms with van der Waals surface area (Å²) in [6.45, 7) is 6.37. The van der Waals surface area contributed by atoms with Crippen molar-refractivity contribution in [3.8, 4) is 5.75 Å². The molecule has 2 aromatic rings. The van der Waals surface area contributed by atoms with Crippen LogP contribution in [0.25, 0.3) is 0 Å². The number of aliphatic carboxylic acids is 1. The van der Waals surface area contributed by atoms with Gasteiger partial charge in [0.2, 0.25) is 0 Å². The van der Waals surface area contributed by atoms with E-state index in [1.807, 2.05) is 32.0 Å². The number of ether oxygens (including phenoxy) is 1. The van der Waals surface area contributed by atoms with E-state index in [9.17, 15) is 19.4 Å². The third kappa shape index (κ3) is 4.96. The van der Waals surface area contributed by atoms with Crippen LogP contribution in [-0.4, -0.2) is 41.0 Å². The first-order valence-corrected chi connectivity index (χ1v) is 12.8. The molecule has 6 heteroatoms. The van der Waals surface area contributed by atoms with Gasteiger partial charge in [-0.15, -0.1) is 0 Å². The number of aliphatic hydroxyl groups is 1. The Morgan fingerprint density at radius 3 is 2.74 bits per heavy atom. The lowest BCUT2D eigenvalue weighted by molar-refractivity contribution is -0.139. The van der Waals surface area contributed by atoms with Crippen molar-refractivity contribution in [3.63, 3.8) is 0 Å². The number of aryl methyl sites for hydroxylation is 1. The SMILES string of the molecule is Cc1ccc(CC(C)(C)NC[C@@H](O)COc2cccc(C3CC4CC3C3C(C(=O)O)C43)c2)cc1F. The Bertz CT molecular complexity index is 1100. The van der Waals surface area contributed by atoms with Gasteiger partial charge in [-0.1, -0.05) is 24.3 Å².